The Kier molecular flexibility index (Phi) is 20.1. The van der Waals surface area contributed by atoms with Gasteiger partial charge in [0.2, 0.25) is 5.91 Å². The standard InChI is InChI=1S/C28H33F3N2O4.C26H31F3N2O2.C4H5ClO3/c1-26(37,28(29,30)31)20-9-7-19(8-10-20)25(36)33(22-11-12-22)23-13-15-27(16-14-23,18-32-24(35)17-34)21-5-3-2-4-6-21;1-24(33,26(27,28)29)19-9-7-18(8-10-19)23(32)31(21-11-12-21)22-13-15-25(17-30,16-14-22)20-5-3-2-4-6-20;1-3(6)8-2-4(5)7/h2-10,22-23,34,37H,11-18H2,1H3,(H,32,35);2-10,21-22,33H,11-17,30H2,1H3;2H2,1H3/t23?,26-,27?;22?,24-,25?;/m00./s1. The number of hydrogen-bond acceptors (Lipinski definition) is 10. The molecule has 0 aromatic heterocycles. The highest BCUT2D eigenvalue weighted by molar-refractivity contribution is 6.64. The van der Waals surface area contributed by atoms with Gasteiger partial charge in [0.15, 0.2) is 17.8 Å². The molecule has 6 N–H and O–H groups in total. The molecule has 0 unspecified atom stereocenters. The van der Waals surface area contributed by atoms with Gasteiger partial charge in [0.1, 0.15) is 6.61 Å². The van der Waals surface area contributed by atoms with Crippen LogP contribution < -0.4 is 11.1 Å². The summed E-state index contributed by atoms with van der Waals surface area (Å²) in [6, 6.07) is 30.8. The molecule has 4 aromatic rings. The lowest BCUT2D eigenvalue weighted by Gasteiger charge is -2.44. The third kappa shape index (κ3) is 14.9. The van der Waals surface area contributed by atoms with Crippen LogP contribution >= 0.6 is 11.6 Å². The van der Waals surface area contributed by atoms with Crippen LogP contribution in [0.15, 0.2) is 109 Å². The van der Waals surface area contributed by atoms with Gasteiger partial charge < -0.3 is 40.9 Å². The molecule has 4 saturated carbocycles. The molecular weight excluding hydrogens is 1050 g/mol. The van der Waals surface area contributed by atoms with E-state index in [4.69, 9.17) is 22.4 Å². The zero-order valence-corrected chi connectivity index (χ0v) is 44.7. The fourth-order valence-electron chi connectivity index (χ4n) is 10.6. The van der Waals surface area contributed by atoms with E-state index in [-0.39, 0.29) is 64.5 Å². The molecule has 3 amide bonds. The predicted molar refractivity (Wildman–Crippen MR) is 280 cm³/mol. The van der Waals surface area contributed by atoms with Crippen LogP contribution in [0.3, 0.4) is 0 Å². The Morgan fingerprint density at radius 1 is 0.603 bits per heavy atom. The number of benzene rings is 4. The molecule has 424 valence electrons. The van der Waals surface area contributed by atoms with Crippen molar-refractivity contribution >= 4 is 40.5 Å². The van der Waals surface area contributed by atoms with Gasteiger partial charge in [0.05, 0.1) is 0 Å². The number of halogens is 7. The molecule has 0 heterocycles. The third-order valence-corrected chi connectivity index (χ3v) is 15.9. The number of alkyl halides is 6. The first-order valence-corrected chi connectivity index (χ1v) is 26.5. The van der Waals surface area contributed by atoms with Crippen LogP contribution in [0.1, 0.15) is 141 Å². The van der Waals surface area contributed by atoms with E-state index in [2.05, 4.69) is 22.2 Å². The average Bonchev–Trinajstić information content (AvgIpc) is 4.41. The molecule has 20 heteroatoms. The average molecular weight is 1120 g/mol. The Morgan fingerprint density at radius 3 is 1.24 bits per heavy atom. The van der Waals surface area contributed by atoms with Crippen molar-refractivity contribution in [3.63, 3.8) is 0 Å². The molecule has 0 radical (unpaired) electrons. The maximum Gasteiger partial charge on any atom is 0.421 e. The summed E-state index contributed by atoms with van der Waals surface area (Å²) in [5, 5.41) is 31.1. The predicted octanol–water partition coefficient (Wildman–Crippen LogP) is 9.27. The fraction of sp³-hybridized carbons (Fsp3) is 0.500. The van der Waals surface area contributed by atoms with Crippen LogP contribution in [0.25, 0.3) is 0 Å². The first-order valence-electron chi connectivity index (χ1n) is 26.2. The van der Waals surface area contributed by atoms with E-state index in [0.29, 0.717) is 44.0 Å². The molecule has 4 aromatic carbocycles. The molecule has 0 saturated heterocycles. The first-order chi connectivity index (χ1) is 36.7. The van der Waals surface area contributed by atoms with Crippen molar-refractivity contribution in [1.29, 1.82) is 0 Å². The zero-order valence-electron chi connectivity index (χ0n) is 43.9. The summed E-state index contributed by atoms with van der Waals surface area (Å²) in [4.78, 5) is 62.3. The summed E-state index contributed by atoms with van der Waals surface area (Å²) in [7, 11) is 0. The molecular formula is C58H69ClF6N4O9. The molecule has 4 fully saturated rings. The van der Waals surface area contributed by atoms with Gasteiger partial charge in [-0.2, -0.15) is 26.3 Å². The second-order valence-electron chi connectivity index (χ2n) is 21.2. The van der Waals surface area contributed by atoms with Crippen LogP contribution in [-0.2, 0) is 41.2 Å². The summed E-state index contributed by atoms with van der Waals surface area (Å²) >= 11 is 4.81. The quantitative estimate of drug-likeness (QED) is 0.0409. The van der Waals surface area contributed by atoms with Crippen LogP contribution in [0.4, 0.5) is 26.3 Å². The molecule has 2 atom stereocenters. The van der Waals surface area contributed by atoms with Gasteiger partial charge in [-0.25, -0.2) is 0 Å². The third-order valence-electron chi connectivity index (χ3n) is 15.8. The minimum Gasteiger partial charge on any atom is -0.456 e. The normalized spacial score (nSPS) is 22.8. The van der Waals surface area contributed by atoms with E-state index >= 15 is 0 Å². The zero-order chi connectivity index (χ0) is 57.3. The Labute approximate surface area is 455 Å². The molecule has 8 rings (SSSR count). The lowest BCUT2D eigenvalue weighted by Crippen LogP contribution is -2.50. The van der Waals surface area contributed by atoms with E-state index < -0.39 is 47.3 Å². The highest BCUT2D eigenvalue weighted by Crippen LogP contribution is 2.46. The van der Waals surface area contributed by atoms with E-state index in [1.807, 2.05) is 58.3 Å². The summed E-state index contributed by atoms with van der Waals surface area (Å²) in [6.07, 6.45) is 0.410. The van der Waals surface area contributed by atoms with Gasteiger partial charge in [0.25, 0.3) is 17.1 Å². The van der Waals surface area contributed by atoms with Crippen LogP contribution in [-0.4, -0.2) is 117 Å². The minimum atomic E-state index is -4.83. The van der Waals surface area contributed by atoms with Crippen LogP contribution in [0, 0.1) is 0 Å². The van der Waals surface area contributed by atoms with E-state index in [1.54, 1.807) is 0 Å². The number of aliphatic hydroxyl groups excluding tert-OH is 1. The molecule has 0 bridgehead atoms. The van der Waals surface area contributed by atoms with E-state index in [9.17, 15) is 60.5 Å². The SMILES string of the molecule is CC(=O)OCC(=O)Cl.C[C@](O)(c1ccc(C(=O)N(C2CC2)C2CCC(CN)(c3ccccc3)CC2)cc1)C(F)(F)F.C[C@](O)(c1ccc(C(=O)N(C2CC2)C2CCC(CNC(=O)CO)(c3ccccc3)CC2)cc1)C(F)(F)F. The Morgan fingerprint density at radius 2 is 0.949 bits per heavy atom. The number of nitrogens with two attached hydrogens (primary N) is 1. The fourth-order valence-corrected chi connectivity index (χ4v) is 10.6. The van der Waals surface area contributed by atoms with Gasteiger partial charge in [-0.1, -0.05) is 84.9 Å². The Bertz CT molecular complexity index is 2640. The number of amides is 3. The number of esters is 1. The summed E-state index contributed by atoms with van der Waals surface area (Å²) in [5.41, 5.74) is 2.24. The van der Waals surface area contributed by atoms with Crippen molar-refractivity contribution in [2.45, 2.75) is 156 Å². The lowest BCUT2D eigenvalue weighted by atomic mass is 9.67. The lowest BCUT2D eigenvalue weighted by molar-refractivity contribution is -0.259. The molecule has 78 heavy (non-hydrogen) atoms. The van der Waals surface area contributed by atoms with Crippen LogP contribution in [0.5, 0.6) is 0 Å². The molecule has 13 nitrogen and oxygen atoms in total. The number of nitrogens with one attached hydrogen (secondary N) is 1. The molecule has 4 aliphatic carbocycles. The highest BCUT2D eigenvalue weighted by atomic mass is 35.5. The van der Waals surface area contributed by atoms with Gasteiger partial charge in [-0.05, 0) is 149 Å². The maximum atomic E-state index is 13.5. The minimum absolute atomic E-state index is 0.0247. The highest BCUT2D eigenvalue weighted by Gasteiger charge is 2.53. The number of nitrogens with zero attached hydrogens (tertiary/aromatic N) is 2. The van der Waals surface area contributed by atoms with E-state index in [1.165, 1.54) is 48.9 Å². The Hall–Kier alpha value is -5.86. The van der Waals surface area contributed by atoms with Crippen molar-refractivity contribution in [1.82, 2.24) is 15.1 Å². The Balaban J connectivity index is 0.000000222. The van der Waals surface area contributed by atoms with Gasteiger partial charge in [-0.3, -0.25) is 24.0 Å². The summed E-state index contributed by atoms with van der Waals surface area (Å²) in [5.74, 6) is -1.30. The first kappa shape index (κ1) is 61.4. The topological polar surface area (TPSA) is 200 Å². The molecule has 0 aliphatic heterocycles. The van der Waals surface area contributed by atoms with E-state index in [0.717, 1.165) is 88.8 Å². The number of rotatable bonds is 16. The van der Waals surface area contributed by atoms with Gasteiger partial charge in [-0.15, -0.1) is 0 Å². The smallest absolute Gasteiger partial charge is 0.421 e. The molecule has 0 spiro atoms. The number of ether oxygens (including phenoxy) is 1. The van der Waals surface area contributed by atoms with Crippen molar-refractivity contribution in [2.75, 3.05) is 26.3 Å². The van der Waals surface area contributed by atoms with Crippen molar-refractivity contribution in [3.8, 4) is 0 Å². The number of hydrogen-bond donors (Lipinski definition) is 5. The van der Waals surface area contributed by atoms with Crippen molar-refractivity contribution < 1.29 is 70.4 Å². The van der Waals surface area contributed by atoms with Gasteiger partial charge in [0, 0.05) is 66.1 Å². The number of carbonyl (C=O) groups excluding carboxylic acids is 5. The maximum absolute atomic E-state index is 13.5. The largest absolute Gasteiger partial charge is 0.456 e. The summed E-state index contributed by atoms with van der Waals surface area (Å²) in [6.45, 7) is 2.66. The van der Waals surface area contributed by atoms with Crippen molar-refractivity contribution in [2.24, 2.45) is 5.73 Å². The second kappa shape index (κ2) is 25.5. The molecule has 4 aliphatic rings. The van der Waals surface area contributed by atoms with Crippen LogP contribution in [0.2, 0.25) is 0 Å². The summed E-state index contributed by atoms with van der Waals surface area (Å²) < 4.78 is 83.2. The second-order valence-corrected chi connectivity index (χ2v) is 21.6. The monoisotopic (exact) mass is 1110 g/mol. The van der Waals surface area contributed by atoms with Gasteiger partial charge >= 0.3 is 18.3 Å². The number of carbonyl (C=O) groups is 5. The van der Waals surface area contributed by atoms with Crippen molar-refractivity contribution in [3.05, 3.63) is 143 Å². The number of aliphatic hydroxyl groups is 3.